The van der Waals surface area contributed by atoms with E-state index in [1.54, 1.807) is 0 Å². The fourth-order valence-corrected chi connectivity index (χ4v) is 5.16. The molecule has 0 radical (unpaired) electrons. The van der Waals surface area contributed by atoms with Crippen molar-refractivity contribution in [1.29, 1.82) is 0 Å². The Morgan fingerprint density at radius 1 is 0.919 bits per heavy atom. The van der Waals surface area contributed by atoms with E-state index in [1.807, 2.05) is 64.2 Å². The molecule has 0 aliphatic carbocycles. The van der Waals surface area contributed by atoms with E-state index in [4.69, 9.17) is 5.10 Å². The first kappa shape index (κ1) is 22.9. The molecule has 1 atom stereocenters. The minimum absolute atomic E-state index is 0.146. The quantitative estimate of drug-likeness (QED) is 0.308. The molecule has 0 fully saturated rings. The molecule has 0 bridgehead atoms. The number of benzene rings is 3. The molecule has 2 aromatic heterocycles. The molecule has 6 heteroatoms. The van der Waals surface area contributed by atoms with Crippen LogP contribution in [0.3, 0.4) is 0 Å². The number of para-hydroxylation sites is 2. The maximum absolute atomic E-state index is 14.0. The number of nitrogens with one attached hydrogen (secondary N) is 1. The van der Waals surface area contributed by atoms with Crippen LogP contribution in [0.15, 0.2) is 103 Å². The maximum Gasteiger partial charge on any atom is 0.322 e. The molecule has 3 aromatic carbocycles. The number of urea groups is 1. The summed E-state index contributed by atoms with van der Waals surface area (Å²) in [5, 5.41) is 8.16. The predicted molar refractivity (Wildman–Crippen MR) is 146 cm³/mol. The van der Waals surface area contributed by atoms with Crippen molar-refractivity contribution in [2.75, 3.05) is 5.32 Å². The van der Waals surface area contributed by atoms with Gasteiger partial charge in [-0.05, 0) is 55.3 Å². The van der Waals surface area contributed by atoms with Gasteiger partial charge < -0.3 is 14.8 Å². The number of carbonyl (C=O) groups excluding carboxylic acids is 1. The van der Waals surface area contributed by atoms with Gasteiger partial charge in [0.2, 0.25) is 0 Å². The topological polar surface area (TPSA) is 55.1 Å². The highest BCUT2D eigenvalue weighted by atomic mass is 16.2. The number of hydrogen-bond acceptors (Lipinski definition) is 2. The van der Waals surface area contributed by atoms with E-state index in [-0.39, 0.29) is 12.1 Å². The third kappa shape index (κ3) is 4.10. The van der Waals surface area contributed by atoms with Gasteiger partial charge in [0.15, 0.2) is 0 Å². The lowest BCUT2D eigenvalue weighted by atomic mass is 10.0. The number of rotatable bonds is 4. The first-order chi connectivity index (χ1) is 18.1. The van der Waals surface area contributed by atoms with Gasteiger partial charge in [0.25, 0.3) is 0 Å². The molecule has 1 aliphatic heterocycles. The Bertz CT molecular complexity index is 1530. The van der Waals surface area contributed by atoms with Crippen LogP contribution in [-0.2, 0) is 13.0 Å². The molecule has 0 unspecified atom stereocenters. The summed E-state index contributed by atoms with van der Waals surface area (Å²) in [4.78, 5) is 15.9. The summed E-state index contributed by atoms with van der Waals surface area (Å²) in [5.74, 6) is 0.982. The third-order valence-electron chi connectivity index (χ3n) is 6.98. The molecule has 0 saturated carbocycles. The Morgan fingerprint density at radius 2 is 1.62 bits per heavy atom. The second-order valence-corrected chi connectivity index (χ2v) is 9.39. The second kappa shape index (κ2) is 9.47. The molecule has 37 heavy (non-hydrogen) atoms. The summed E-state index contributed by atoms with van der Waals surface area (Å²) in [6, 6.07) is 32.0. The van der Waals surface area contributed by atoms with Crippen LogP contribution in [-0.4, -0.2) is 25.3 Å². The van der Waals surface area contributed by atoms with E-state index in [1.165, 1.54) is 5.56 Å². The van der Waals surface area contributed by atoms with Crippen LogP contribution in [0.4, 0.5) is 10.5 Å². The number of hydrogen-bond donors (Lipinski definition) is 1. The van der Waals surface area contributed by atoms with Crippen LogP contribution >= 0.6 is 0 Å². The molecule has 3 heterocycles. The van der Waals surface area contributed by atoms with Crippen LogP contribution < -0.4 is 5.32 Å². The largest absolute Gasteiger partial charge is 0.322 e. The number of carbonyl (C=O) groups is 1. The van der Waals surface area contributed by atoms with Crippen molar-refractivity contribution in [3.8, 4) is 11.5 Å². The monoisotopic (exact) mass is 487 g/mol. The number of amides is 2. The van der Waals surface area contributed by atoms with Gasteiger partial charge in [0, 0.05) is 17.4 Å². The summed E-state index contributed by atoms with van der Waals surface area (Å²) >= 11 is 0. The zero-order valence-corrected chi connectivity index (χ0v) is 21.0. The van der Waals surface area contributed by atoms with Gasteiger partial charge in [-0.3, -0.25) is 0 Å². The van der Waals surface area contributed by atoms with E-state index < -0.39 is 0 Å². The summed E-state index contributed by atoms with van der Waals surface area (Å²) in [6.07, 6.45) is 2.84. The fraction of sp³-hybridized carbons (Fsp3) is 0.161. The Morgan fingerprint density at radius 3 is 2.32 bits per heavy atom. The van der Waals surface area contributed by atoms with Crippen molar-refractivity contribution in [3.63, 3.8) is 0 Å². The molecule has 2 amide bonds. The van der Waals surface area contributed by atoms with Crippen molar-refractivity contribution >= 4 is 11.7 Å². The lowest BCUT2D eigenvalue weighted by Crippen LogP contribution is -2.38. The minimum Gasteiger partial charge on any atom is -0.308 e. The smallest absolute Gasteiger partial charge is 0.308 e. The highest BCUT2D eigenvalue weighted by Gasteiger charge is 2.36. The number of aromatic nitrogens is 3. The van der Waals surface area contributed by atoms with Crippen molar-refractivity contribution in [3.05, 3.63) is 131 Å². The minimum atomic E-state index is -0.277. The zero-order valence-electron chi connectivity index (χ0n) is 21.0. The molecule has 184 valence electrons. The number of nitrogens with zero attached hydrogens (tertiary/aromatic N) is 4. The van der Waals surface area contributed by atoms with Crippen molar-refractivity contribution in [2.24, 2.45) is 0 Å². The Kier molecular flexibility index (Phi) is 5.85. The number of anilines is 1. The molecule has 0 saturated heterocycles. The van der Waals surface area contributed by atoms with E-state index in [2.05, 4.69) is 72.4 Å². The van der Waals surface area contributed by atoms with Gasteiger partial charge in [-0.2, -0.15) is 5.10 Å². The van der Waals surface area contributed by atoms with Gasteiger partial charge in [-0.25, -0.2) is 9.48 Å². The summed E-state index contributed by atoms with van der Waals surface area (Å²) in [6.45, 7) is 4.63. The average molecular weight is 488 g/mol. The predicted octanol–water partition coefficient (Wildman–Crippen LogP) is 6.67. The lowest BCUT2D eigenvalue weighted by molar-refractivity contribution is 0.194. The van der Waals surface area contributed by atoms with E-state index in [9.17, 15) is 4.79 Å². The number of fused-ring (bicyclic) bond motifs is 3. The van der Waals surface area contributed by atoms with Gasteiger partial charge >= 0.3 is 6.03 Å². The lowest BCUT2D eigenvalue weighted by Gasteiger charge is -2.31. The molecular formula is C31H29N5O. The van der Waals surface area contributed by atoms with Crippen LogP contribution in [0, 0.1) is 6.92 Å². The Labute approximate surface area is 216 Å². The SMILES string of the molecule is CCc1nn(-c2ccccc2)c2c1CN(C(=O)Nc1ccccc1)[C@H](c1ccc(C)cc1)c1cccn1-2. The van der Waals surface area contributed by atoms with E-state index in [0.717, 1.165) is 46.1 Å². The molecule has 6 rings (SSSR count). The molecular weight excluding hydrogens is 458 g/mol. The van der Waals surface area contributed by atoms with Crippen LogP contribution in [0.25, 0.3) is 11.5 Å². The van der Waals surface area contributed by atoms with E-state index >= 15 is 0 Å². The summed E-state index contributed by atoms with van der Waals surface area (Å²) < 4.78 is 4.22. The van der Waals surface area contributed by atoms with Crippen molar-refractivity contribution in [1.82, 2.24) is 19.2 Å². The first-order valence-electron chi connectivity index (χ1n) is 12.7. The van der Waals surface area contributed by atoms with Crippen molar-refractivity contribution in [2.45, 2.75) is 32.9 Å². The summed E-state index contributed by atoms with van der Waals surface area (Å²) in [7, 11) is 0. The van der Waals surface area contributed by atoms with Crippen LogP contribution in [0.5, 0.6) is 0 Å². The van der Waals surface area contributed by atoms with Crippen LogP contribution in [0.2, 0.25) is 0 Å². The van der Waals surface area contributed by atoms with Gasteiger partial charge in [0.05, 0.1) is 29.7 Å². The summed E-state index contributed by atoms with van der Waals surface area (Å²) in [5.41, 5.74) is 7.08. The fourth-order valence-electron chi connectivity index (χ4n) is 5.16. The molecule has 6 nitrogen and oxygen atoms in total. The van der Waals surface area contributed by atoms with Gasteiger partial charge in [-0.15, -0.1) is 0 Å². The molecule has 1 N–H and O–H groups in total. The Hall–Kier alpha value is -4.58. The molecule has 5 aromatic rings. The van der Waals surface area contributed by atoms with Crippen LogP contribution in [0.1, 0.15) is 41.0 Å². The first-order valence-corrected chi connectivity index (χ1v) is 12.7. The normalized spacial score (nSPS) is 14.5. The van der Waals surface area contributed by atoms with Gasteiger partial charge in [-0.1, -0.05) is 73.2 Å². The standard InChI is InChI=1S/C31H29N5O/c1-3-27-26-21-35(31(37)32-24-11-6-4-7-12-24)29(23-18-16-22(2)17-19-23)28-15-10-20-34(28)30(26)36(33-27)25-13-8-5-9-14-25/h4-20,29H,3,21H2,1-2H3,(H,32,37)/t29-/m1/s1. The third-order valence-corrected chi connectivity index (χ3v) is 6.98. The van der Waals surface area contributed by atoms with Crippen molar-refractivity contribution < 1.29 is 4.79 Å². The molecule has 0 spiro atoms. The molecule has 1 aliphatic rings. The number of aryl methyl sites for hydroxylation is 2. The highest BCUT2D eigenvalue weighted by Crippen LogP contribution is 2.39. The van der Waals surface area contributed by atoms with E-state index in [0.29, 0.717) is 6.54 Å². The zero-order chi connectivity index (χ0) is 25.4. The maximum atomic E-state index is 14.0. The second-order valence-electron chi connectivity index (χ2n) is 9.39. The van der Waals surface area contributed by atoms with Gasteiger partial charge in [0.1, 0.15) is 5.82 Å². The highest BCUT2D eigenvalue weighted by molar-refractivity contribution is 5.90. The Balaban J connectivity index is 1.56. The average Bonchev–Trinajstić information content (AvgIpc) is 3.51.